The molecule has 8 rings (SSSR count). The fraction of sp³-hybridized carbons (Fsp3) is 0.255. The van der Waals surface area contributed by atoms with Crippen molar-refractivity contribution < 1.29 is 109 Å². The number of aryl methyl sites for hydroxylation is 2. The van der Waals surface area contributed by atoms with E-state index < -0.39 is 53.4 Å². The molecule has 0 radical (unpaired) electrons. The first-order valence-electron chi connectivity index (χ1n) is 37.5. The van der Waals surface area contributed by atoms with Crippen LogP contribution >= 0.6 is 0 Å². The maximum absolute atomic E-state index is 14.1. The Hall–Kier alpha value is -13.6. The van der Waals surface area contributed by atoms with Crippen molar-refractivity contribution >= 4 is 59.1 Å². The third-order valence-electron chi connectivity index (χ3n) is 16.6. The summed E-state index contributed by atoms with van der Waals surface area (Å²) < 4.78 is 79.0. The molecular formula is C94H97FO22. The zero-order chi connectivity index (χ0) is 85.3. The molecule has 0 spiro atoms. The summed E-state index contributed by atoms with van der Waals surface area (Å²) in [6.07, 6.45) is 5.40. The number of ketones is 3. The van der Waals surface area contributed by atoms with Gasteiger partial charge in [-0.15, -0.1) is 0 Å². The summed E-state index contributed by atoms with van der Waals surface area (Å²) in [7, 11) is 0. The molecule has 0 amide bonds. The zero-order valence-electron chi connectivity index (χ0n) is 66.9. The van der Waals surface area contributed by atoms with Crippen molar-refractivity contribution in [3.05, 3.63) is 305 Å². The quantitative estimate of drug-likeness (QED) is 0.00857. The van der Waals surface area contributed by atoms with Gasteiger partial charge in [-0.25, -0.2) is 38.0 Å². The molecule has 0 aliphatic rings. The summed E-state index contributed by atoms with van der Waals surface area (Å²) in [6, 6.07) is 48.2. The second-order valence-corrected chi connectivity index (χ2v) is 26.6. The number of halogens is 1. The average Bonchev–Trinajstić information content (AvgIpc) is 0.781. The van der Waals surface area contributed by atoms with Crippen molar-refractivity contribution in [3.63, 3.8) is 0 Å². The van der Waals surface area contributed by atoms with Gasteiger partial charge in [0.2, 0.25) is 0 Å². The van der Waals surface area contributed by atoms with E-state index in [-0.39, 0.29) is 43.6 Å². The number of allylic oxidation sites excluding steroid dienone is 2. The van der Waals surface area contributed by atoms with Crippen LogP contribution in [0.2, 0.25) is 0 Å². The Morgan fingerprint density at radius 2 is 0.735 bits per heavy atom. The summed E-state index contributed by atoms with van der Waals surface area (Å²) in [4.78, 5) is 119. The van der Waals surface area contributed by atoms with Crippen molar-refractivity contribution in [1.29, 1.82) is 0 Å². The van der Waals surface area contributed by atoms with E-state index in [1.54, 1.807) is 193 Å². The summed E-state index contributed by atoms with van der Waals surface area (Å²) in [6.45, 7) is 35.4. The second kappa shape index (κ2) is 48.5. The van der Waals surface area contributed by atoms with Gasteiger partial charge in [-0.2, -0.15) is 0 Å². The molecule has 0 saturated carbocycles. The van der Waals surface area contributed by atoms with Gasteiger partial charge in [0.25, 0.3) is 0 Å². The van der Waals surface area contributed by atoms with Crippen molar-refractivity contribution in [2.75, 3.05) is 66.1 Å². The Labute approximate surface area is 681 Å². The zero-order valence-corrected chi connectivity index (χ0v) is 66.9. The molecule has 0 aliphatic heterocycles. The highest BCUT2D eigenvalue weighted by Gasteiger charge is 2.19. The van der Waals surface area contributed by atoms with Crippen molar-refractivity contribution in [3.8, 4) is 51.4 Å². The van der Waals surface area contributed by atoms with Crippen molar-refractivity contribution in [2.24, 2.45) is 0 Å². The van der Waals surface area contributed by atoms with Gasteiger partial charge in [0.15, 0.2) is 24.0 Å². The molecule has 8 aromatic rings. The minimum atomic E-state index is -0.586. The number of esters is 7. The van der Waals surface area contributed by atoms with E-state index in [1.165, 1.54) is 12.1 Å². The maximum Gasteiger partial charge on any atom is 0.343 e. The van der Waals surface area contributed by atoms with Gasteiger partial charge in [-0.05, 0) is 247 Å². The molecule has 8 aromatic carbocycles. The number of carbonyl (C=O) groups excluding carboxylic acids is 10. The Balaban J connectivity index is 0.000000288. The third-order valence-corrected chi connectivity index (χ3v) is 16.6. The van der Waals surface area contributed by atoms with Crippen LogP contribution in [0.15, 0.2) is 249 Å². The molecular weight excluding hydrogens is 1500 g/mol. The number of unbranched alkanes of at least 4 members (excludes halogenated alkanes) is 2. The molecule has 0 atom stereocenters. The fourth-order valence-electron chi connectivity index (χ4n) is 10.1. The maximum atomic E-state index is 14.1. The van der Waals surface area contributed by atoms with Crippen LogP contribution in [-0.2, 0) is 49.3 Å². The van der Waals surface area contributed by atoms with E-state index in [4.69, 9.17) is 56.8 Å². The molecule has 117 heavy (non-hydrogen) atoms. The van der Waals surface area contributed by atoms with Gasteiger partial charge in [-0.3, -0.25) is 14.4 Å². The van der Waals surface area contributed by atoms with Gasteiger partial charge in [0.05, 0.1) is 81.7 Å². The standard InChI is InChI=1S/2C37H40O10.C20H17FO2/c1-25(2)35(39)44-20-7-6-19-42-31-15-11-29(12-16-31)37(41)47-32-17-18-34(27(5)23-32)46-24-33(38)28-9-13-30(14-10-28)43-21-8-22-45-36(40)26(3)4;1-5-34(38)44-21-7-6-20-42-31-14-10-29(11-15-31)36(40)46-24-19-28-9-18-33(27(4)25-28)47-37(41)30-12-16-32(17-13-30)43-22-8-23-45-35(39)26(2)3;1-12(2)19(22)15-7-5-14(6-8-15)16-9-10-17(18(21)11-16)20(23)13(3)4/h9-18,23H,1,3,6-8,19-22,24H2,2,4-5H3;5,9-18,25H,1-2,6-8,19-24H2,3-4H3;5-11H,1,3H2,2,4H3. The predicted molar refractivity (Wildman–Crippen MR) is 440 cm³/mol. The third kappa shape index (κ3) is 32.5. The molecule has 0 aromatic heterocycles. The van der Waals surface area contributed by atoms with Gasteiger partial charge >= 0.3 is 41.8 Å². The number of carbonyl (C=O) groups is 10. The molecule has 0 saturated heterocycles. The minimum absolute atomic E-state index is 0.00956. The highest BCUT2D eigenvalue weighted by Crippen LogP contribution is 2.28. The van der Waals surface area contributed by atoms with Crippen LogP contribution in [0.5, 0.6) is 40.2 Å². The van der Waals surface area contributed by atoms with Gasteiger partial charge < -0.3 is 56.8 Å². The summed E-state index contributed by atoms with van der Waals surface area (Å²) >= 11 is 0. The summed E-state index contributed by atoms with van der Waals surface area (Å²) in [5.74, 6) is -0.855. The lowest BCUT2D eigenvalue weighted by Gasteiger charge is -2.11. The number of rotatable bonds is 43. The minimum Gasteiger partial charge on any atom is -0.494 e. The first kappa shape index (κ1) is 92.3. The molecule has 23 heteroatoms. The molecule has 0 unspecified atom stereocenters. The molecule has 0 aliphatic carbocycles. The highest BCUT2D eigenvalue weighted by molar-refractivity contribution is 6.09. The molecule has 0 fully saturated rings. The smallest absolute Gasteiger partial charge is 0.343 e. The van der Waals surface area contributed by atoms with Gasteiger partial charge in [0.1, 0.15) is 46.1 Å². The van der Waals surface area contributed by atoms with Gasteiger partial charge in [0, 0.05) is 53.2 Å². The molecule has 0 N–H and O–H groups in total. The molecule has 22 nitrogen and oxygen atoms in total. The SMILES string of the molecule is C=C(C)C(=O)OCCCCOc1ccc(C(=O)Oc2ccc(OCC(=O)c3ccc(OCCCOC(=O)C(=C)C)cc3)c(C)c2)cc1.C=C(C)C(=O)c1ccc(-c2ccc(C(=O)C(=C)C)c(F)c2)cc1.C=CC(=O)OCCCCOc1ccc(C(=O)OCCc2ccc(OC(=O)c3ccc(OCCCOC(=O)C(=C)C)cc3)c(C)c2)cc1. The molecule has 612 valence electrons. The average molecular weight is 1600 g/mol. The van der Waals surface area contributed by atoms with Crippen molar-refractivity contribution in [1.82, 2.24) is 0 Å². The number of ether oxygens (including phenoxy) is 12. The molecule has 0 heterocycles. The van der Waals surface area contributed by atoms with E-state index in [0.29, 0.717) is 192 Å². The number of Topliss-reactive ketones (excluding diaryl/α,β-unsaturated/α-hetero) is 3. The highest BCUT2D eigenvalue weighted by atomic mass is 19.1. The van der Waals surface area contributed by atoms with Crippen molar-refractivity contribution in [2.45, 2.75) is 93.4 Å². The number of hydrogen-bond donors (Lipinski definition) is 0. The second-order valence-electron chi connectivity index (χ2n) is 26.6. The molecule has 0 bridgehead atoms. The Morgan fingerprint density at radius 3 is 1.18 bits per heavy atom. The van der Waals surface area contributed by atoms with Crippen LogP contribution in [0.25, 0.3) is 11.1 Å². The normalized spacial score (nSPS) is 10.3. The lowest BCUT2D eigenvalue weighted by Crippen LogP contribution is -2.12. The first-order chi connectivity index (χ1) is 56.0. The Bertz CT molecular complexity index is 4840. The fourth-order valence-corrected chi connectivity index (χ4v) is 10.1. The van der Waals surface area contributed by atoms with E-state index in [2.05, 4.69) is 39.5 Å². The van der Waals surface area contributed by atoms with Crippen LogP contribution in [0.4, 0.5) is 4.39 Å². The Morgan fingerprint density at radius 1 is 0.342 bits per heavy atom. The van der Waals surface area contributed by atoms with E-state index >= 15 is 0 Å². The lowest BCUT2D eigenvalue weighted by atomic mass is 9.98. The van der Waals surface area contributed by atoms with Crippen LogP contribution < -0.4 is 33.2 Å². The largest absolute Gasteiger partial charge is 0.494 e. The lowest BCUT2D eigenvalue weighted by molar-refractivity contribution is -0.140. The monoisotopic (exact) mass is 1600 g/mol. The topological polar surface area (TPSA) is 281 Å². The summed E-state index contributed by atoms with van der Waals surface area (Å²) in [5.41, 5.74) is 7.75. The number of benzene rings is 8. The van der Waals surface area contributed by atoms with E-state index in [0.717, 1.165) is 22.8 Å². The Kier molecular flexibility index (Phi) is 38.2. The van der Waals surface area contributed by atoms with Crippen LogP contribution in [0.1, 0.15) is 152 Å². The van der Waals surface area contributed by atoms with E-state index in [9.17, 15) is 52.3 Å². The van der Waals surface area contributed by atoms with Crippen LogP contribution in [0.3, 0.4) is 0 Å². The van der Waals surface area contributed by atoms with Gasteiger partial charge in [-0.1, -0.05) is 81.9 Å². The number of hydrogen-bond acceptors (Lipinski definition) is 22. The summed E-state index contributed by atoms with van der Waals surface area (Å²) in [5, 5.41) is 0. The van der Waals surface area contributed by atoms with E-state index in [1.807, 2.05) is 19.1 Å². The van der Waals surface area contributed by atoms with Crippen LogP contribution in [-0.4, -0.2) is 125 Å². The predicted octanol–water partition coefficient (Wildman–Crippen LogP) is 18.0. The van der Waals surface area contributed by atoms with Crippen LogP contribution in [0, 0.1) is 19.7 Å². The first-order valence-corrected chi connectivity index (χ1v) is 37.5.